The third-order valence-corrected chi connectivity index (χ3v) is 31.5. The summed E-state index contributed by atoms with van der Waals surface area (Å²) < 4.78 is 666. The molecule has 8 unspecified atom stereocenters. The van der Waals surface area contributed by atoms with Crippen molar-refractivity contribution in [2.24, 2.45) is 0 Å². The molecular weight excluding hydrogens is 2060 g/mol. The van der Waals surface area contributed by atoms with Crippen LogP contribution in [0.2, 0.25) is 58.9 Å². The van der Waals surface area contributed by atoms with Crippen LogP contribution in [0.25, 0.3) is 0 Å². The van der Waals surface area contributed by atoms with Crippen LogP contribution in [-0.2, 0) is 144 Å². The Morgan fingerprint density at radius 2 is 0.443 bits per heavy atom. The molecule has 8 aliphatic heterocycles. The molecule has 8 atom stereocenters. The molecule has 0 bridgehead atoms. The Balaban J connectivity index is 0.000000717. The van der Waals surface area contributed by atoms with Crippen molar-refractivity contribution in [1.82, 2.24) is 0 Å². The second-order valence-electron chi connectivity index (χ2n) is 25.1. The minimum Gasteiger partial charge on any atom is -0.330 e. The zero-order valence-electron chi connectivity index (χ0n) is 61.6. The van der Waals surface area contributed by atoms with Gasteiger partial charge in [0.25, 0.3) is 0 Å². The summed E-state index contributed by atoms with van der Waals surface area (Å²) in [5.41, 5.74) is -28.3. The van der Waals surface area contributed by atoms with E-state index in [1.165, 1.54) is 0 Å². The zero-order chi connectivity index (χ0) is 97.5. The van der Waals surface area contributed by atoms with Crippen molar-refractivity contribution in [3.63, 3.8) is 0 Å². The summed E-state index contributed by atoms with van der Waals surface area (Å²) in [5.74, 6) is -5.94. The van der Waals surface area contributed by atoms with Crippen molar-refractivity contribution in [3.8, 4) is 0 Å². The van der Waals surface area contributed by atoms with Crippen LogP contribution in [0.15, 0.2) is 0 Å². The number of halogens is 38. The van der Waals surface area contributed by atoms with Crippen molar-refractivity contribution in [2.45, 2.75) is 199 Å². The van der Waals surface area contributed by atoms with E-state index >= 15 is 0 Å². The van der Waals surface area contributed by atoms with Gasteiger partial charge in [-0.2, -0.15) is 149 Å². The smallest absolute Gasteiger partial charge is 0.330 e. The quantitative estimate of drug-likeness (QED) is 0.105. The third kappa shape index (κ3) is 28.0. The highest BCUT2D eigenvalue weighted by molar-refractivity contribution is 7.52. The highest BCUT2D eigenvalue weighted by atomic mass is 31.2. The lowest BCUT2D eigenvalue weighted by molar-refractivity contribution is -0.464. The Labute approximate surface area is 658 Å². The van der Waals surface area contributed by atoms with Crippen molar-refractivity contribution in [3.05, 3.63) is 0 Å². The van der Waals surface area contributed by atoms with E-state index in [1.807, 2.05) is 39.3 Å². The van der Waals surface area contributed by atoms with Crippen LogP contribution < -0.4 is 0 Å². The first-order valence-electron chi connectivity index (χ1n) is 29.9. The Kier molecular flexibility index (Phi) is 37.8. The van der Waals surface area contributed by atoms with Crippen LogP contribution in [0.3, 0.4) is 0 Å². The molecule has 0 spiro atoms. The van der Waals surface area contributed by atoms with Crippen LogP contribution >= 0.6 is 62.6 Å². The maximum Gasteiger partial charge on any atom is 0.484 e. The van der Waals surface area contributed by atoms with E-state index in [9.17, 15) is 203 Å². The molecule has 0 saturated carbocycles. The molecule has 732 valence electrons. The van der Waals surface area contributed by atoms with Gasteiger partial charge in [0, 0.05) is 48.4 Å². The Morgan fingerprint density at radius 3 is 0.639 bits per heavy atom. The normalized spacial score (nSPS) is 30.9. The van der Waals surface area contributed by atoms with Gasteiger partial charge in [-0.15, -0.1) is 0 Å². The number of hydrogen-bond acceptors (Lipinski definition) is 32. The molecule has 0 aromatic heterocycles. The molecule has 0 aromatic carbocycles. The Bertz CT molecular complexity index is 3700. The van der Waals surface area contributed by atoms with Crippen molar-refractivity contribution >= 4 is 87.5 Å². The van der Waals surface area contributed by atoms with Crippen LogP contribution in [0.5, 0.6) is 0 Å². The molecule has 81 heteroatoms. The van der Waals surface area contributed by atoms with Gasteiger partial charge in [-0.25, -0.2) is 81.2 Å². The second kappa shape index (κ2) is 38.8. The molecule has 8 heterocycles. The summed E-state index contributed by atoms with van der Waals surface area (Å²) in [5, 5.41) is 0. The van der Waals surface area contributed by atoms with Gasteiger partial charge >= 0.3 is 165 Å². The van der Waals surface area contributed by atoms with E-state index in [-0.39, 0.29) is 46.4 Å². The third-order valence-electron chi connectivity index (χ3n) is 12.3. The van der Waals surface area contributed by atoms with Gasteiger partial charge in [0.2, 0.25) is 25.4 Å². The number of phosphoric ester groups is 8. The van der Waals surface area contributed by atoms with Gasteiger partial charge in [0.15, 0.2) is 25.0 Å². The highest BCUT2D eigenvalue weighted by Gasteiger charge is 3.03. The first kappa shape index (κ1) is 119. The lowest BCUT2D eigenvalue weighted by Crippen LogP contribution is -2.79. The largest absolute Gasteiger partial charge is 0.484 e. The Morgan fingerprint density at radius 1 is 0.262 bits per heavy atom. The minimum atomic E-state index is -7.41. The zero-order valence-corrected chi connectivity index (χ0v) is 71.7. The fraction of sp³-hybridized carbons (Fsp3) is 1.00. The maximum absolute atomic E-state index is 13.2. The molecule has 0 aliphatic carbocycles. The summed E-state index contributed by atoms with van der Waals surface area (Å²) in [4.78, 5) is 0. The fourth-order valence-corrected chi connectivity index (χ4v) is 25.1. The standard InChI is InChI=1S/C9H9F12O4PSi.C7H3F12O4P.C6H14FO4PSi.C5H12FO4PSi.C4H3F6O4P.C4H8FO4P.C3H3F4O4P.C3H6FO4P/c1-27(2,3)25-26(22)23-4(6(10,11)12,7(13,14)15)5(24-26,8(16,17)18)9(19,20)21;1-21-24(20)22-2(4(8,9)10,5(11,12)13)3(23-24,6(14,15)16)7(17,18)19;1-13(2,3)11-12(8)9-5-4-6(7)10-12;1-12(2,3)10-11(7)8-4-5(6)9-11;1-12-15(11)13-3(7,8)2(5,6)4(9,10)14-15;1-7-10(6)8-3-2-4(5)9-10;1-9-12(8)10-2(4,5)3(6,7)11-12;1-6-9(5)7-2-3(4)8-9/h1-3H3;1H3;6H,4-5H2,1-3H3;5H,4H2,1-3H3;1H3;4H,2-3H2,1H3;1H3;3H,2H2,1H3. The maximum atomic E-state index is 13.2. The van der Waals surface area contributed by atoms with E-state index in [0.717, 1.165) is 33.9 Å². The van der Waals surface area contributed by atoms with E-state index < -0.39 is 215 Å². The van der Waals surface area contributed by atoms with Crippen molar-refractivity contribution in [2.75, 3.05) is 62.0 Å². The molecule has 8 aliphatic rings. The van der Waals surface area contributed by atoms with Gasteiger partial charge in [-0.3, -0.25) is 67.9 Å². The summed E-state index contributed by atoms with van der Waals surface area (Å²) in [7, 11) is -41.9. The molecule has 0 aromatic rings. The van der Waals surface area contributed by atoms with Gasteiger partial charge in [-0.05, 0) is 58.9 Å². The average molecular weight is 2120 g/mol. The molecular formula is C41H58F38O32P8Si3. The lowest BCUT2D eigenvalue weighted by Gasteiger charge is -2.44. The minimum absolute atomic E-state index is 0.0683. The molecule has 32 nitrogen and oxygen atoms in total. The summed E-state index contributed by atoms with van der Waals surface area (Å²) >= 11 is 0. The predicted molar refractivity (Wildman–Crippen MR) is 319 cm³/mol. The van der Waals surface area contributed by atoms with Crippen molar-refractivity contribution in [1.29, 1.82) is 0 Å². The van der Waals surface area contributed by atoms with Crippen LogP contribution in [0.1, 0.15) is 12.8 Å². The molecule has 0 amide bonds. The van der Waals surface area contributed by atoms with E-state index in [2.05, 4.69) is 94.7 Å². The monoisotopic (exact) mass is 2120 g/mol. The van der Waals surface area contributed by atoms with E-state index in [4.69, 9.17) is 12.9 Å². The second-order valence-corrected chi connectivity index (χ2v) is 52.3. The van der Waals surface area contributed by atoms with Crippen LogP contribution in [-0.4, -0.2) is 215 Å². The average Bonchev–Trinajstić information content (AvgIpc) is 1.47. The summed E-state index contributed by atoms with van der Waals surface area (Å²) in [6, 6.07) is 0. The van der Waals surface area contributed by atoms with E-state index in [1.54, 1.807) is 0 Å². The molecule has 0 radical (unpaired) electrons. The summed E-state index contributed by atoms with van der Waals surface area (Å²) in [6.07, 6.45) is -86.5. The van der Waals surface area contributed by atoms with Gasteiger partial charge in [0.1, 0.15) is 13.2 Å². The van der Waals surface area contributed by atoms with Crippen molar-refractivity contribution < 1.29 is 311 Å². The van der Waals surface area contributed by atoms with Gasteiger partial charge < -0.3 is 12.6 Å². The van der Waals surface area contributed by atoms with E-state index in [0.29, 0.717) is 14.2 Å². The van der Waals surface area contributed by atoms with Crippen LogP contribution in [0, 0.1) is 0 Å². The van der Waals surface area contributed by atoms with Crippen LogP contribution in [0.4, 0.5) is 167 Å². The number of phosphoric acid groups is 8. The first-order valence-corrected chi connectivity index (χ1v) is 51.8. The van der Waals surface area contributed by atoms with Gasteiger partial charge in [-0.1, -0.05) is 0 Å². The SMILES string of the molecule is COP1(=O)OC(C(F)(F)F)(C(F)(F)F)C(C(F)(F)F)(C(F)(F)F)O1.COP1(=O)OC(F)(F)C(F)(F)C(F)(F)O1.COP1(=O)OC(F)(F)C(F)(F)O1.COP1(=O)OCC(F)O1.COP1(=O)OCCC(F)O1.C[Si](C)(C)OP1(=O)OC(C(F)(F)F)(C(F)(F)F)C(C(F)(F)F)(C(F)(F)F)O1.C[Si](C)(C)OP1(=O)OCC(F)O1.C[Si](C)(C)OP1(=O)OCCC(F)O1. The first-order chi connectivity index (χ1) is 53.2. The molecule has 8 saturated heterocycles. The lowest BCUT2D eigenvalue weighted by atomic mass is 9.79. The number of hydrogen-bond donors (Lipinski definition) is 0. The topological polar surface area (TPSA) is 358 Å². The predicted octanol–water partition coefficient (Wildman–Crippen LogP) is 22.3. The summed E-state index contributed by atoms with van der Waals surface area (Å²) in [6.45, 7) is 13.2. The molecule has 8 fully saturated rings. The molecule has 0 N–H and O–H groups in total. The Hall–Kier alpha value is -1.13. The molecule has 8 rings (SSSR count). The fourth-order valence-electron chi connectivity index (χ4n) is 7.82. The number of rotatable bonds is 11. The number of alkyl halides is 38. The van der Waals surface area contributed by atoms with Gasteiger partial charge in [0.05, 0.1) is 13.2 Å². The highest BCUT2D eigenvalue weighted by Crippen LogP contribution is 2.80. The molecule has 122 heavy (non-hydrogen) atoms.